The number of rotatable bonds is 3. The molecule has 0 bridgehead atoms. The summed E-state index contributed by atoms with van der Waals surface area (Å²) in [7, 11) is 0. The van der Waals surface area contributed by atoms with Gasteiger partial charge in [0, 0.05) is 10.4 Å². The number of carbonyl (C=O) groups excluding carboxylic acids is 2. The third-order valence-corrected chi connectivity index (χ3v) is 5.25. The minimum Gasteiger partial charge on any atom is -0.313 e. The zero-order chi connectivity index (χ0) is 16.2. The zero-order valence-corrected chi connectivity index (χ0v) is 13.5. The van der Waals surface area contributed by atoms with Gasteiger partial charge in [0.1, 0.15) is 5.00 Å². The van der Waals surface area contributed by atoms with Gasteiger partial charge in [0.25, 0.3) is 11.8 Å². The van der Waals surface area contributed by atoms with Crippen molar-refractivity contribution >= 4 is 28.2 Å². The van der Waals surface area contributed by atoms with Crippen molar-refractivity contribution in [2.45, 2.75) is 32.1 Å². The highest BCUT2D eigenvalue weighted by atomic mass is 32.1. The van der Waals surface area contributed by atoms with Crippen molar-refractivity contribution in [3.05, 3.63) is 51.9 Å². The van der Waals surface area contributed by atoms with Crippen molar-refractivity contribution in [2.24, 2.45) is 5.84 Å². The molecule has 0 spiro atoms. The number of nitrogens with one attached hydrogen (secondary N) is 2. The SMILES string of the molecule is NNC(=O)c1c(NC(=O)c2ccccc2)sc2c1CCCCC2. The number of nitrogens with two attached hydrogens (primary N) is 1. The molecule has 120 valence electrons. The normalized spacial score (nSPS) is 13.8. The summed E-state index contributed by atoms with van der Waals surface area (Å²) in [6.45, 7) is 0. The Kier molecular flexibility index (Phi) is 4.73. The molecule has 1 aromatic heterocycles. The highest BCUT2D eigenvalue weighted by Crippen LogP contribution is 2.37. The molecule has 0 saturated heterocycles. The van der Waals surface area contributed by atoms with E-state index < -0.39 is 0 Å². The molecule has 1 aromatic carbocycles. The van der Waals surface area contributed by atoms with E-state index in [4.69, 9.17) is 5.84 Å². The summed E-state index contributed by atoms with van der Waals surface area (Å²) < 4.78 is 0. The van der Waals surface area contributed by atoms with E-state index in [9.17, 15) is 9.59 Å². The van der Waals surface area contributed by atoms with Gasteiger partial charge < -0.3 is 5.32 Å². The Hall–Kier alpha value is -2.18. The Morgan fingerprint density at radius 1 is 1.00 bits per heavy atom. The number of hydrogen-bond donors (Lipinski definition) is 3. The molecule has 6 heteroatoms. The molecule has 0 atom stereocenters. The van der Waals surface area contributed by atoms with E-state index >= 15 is 0 Å². The molecule has 2 amide bonds. The van der Waals surface area contributed by atoms with Crippen molar-refractivity contribution in [3.8, 4) is 0 Å². The molecule has 0 unspecified atom stereocenters. The molecular formula is C17H19N3O2S. The third kappa shape index (κ3) is 3.28. The second kappa shape index (κ2) is 6.93. The highest BCUT2D eigenvalue weighted by molar-refractivity contribution is 7.17. The zero-order valence-electron chi connectivity index (χ0n) is 12.7. The number of fused-ring (bicyclic) bond motifs is 1. The van der Waals surface area contributed by atoms with Crippen LogP contribution in [0.5, 0.6) is 0 Å². The summed E-state index contributed by atoms with van der Waals surface area (Å²) in [5, 5.41) is 3.47. The smallest absolute Gasteiger partial charge is 0.268 e. The average Bonchev–Trinajstić information content (AvgIpc) is 2.76. The van der Waals surface area contributed by atoms with Gasteiger partial charge in [-0.1, -0.05) is 24.6 Å². The van der Waals surface area contributed by atoms with Crippen LogP contribution in [-0.2, 0) is 12.8 Å². The molecule has 0 radical (unpaired) electrons. The lowest BCUT2D eigenvalue weighted by Crippen LogP contribution is -2.31. The summed E-state index contributed by atoms with van der Waals surface area (Å²) in [6, 6.07) is 8.97. The van der Waals surface area contributed by atoms with E-state index in [0.717, 1.165) is 37.7 Å². The Balaban J connectivity index is 1.95. The first-order valence-corrected chi connectivity index (χ1v) is 8.54. The van der Waals surface area contributed by atoms with Crippen LogP contribution >= 0.6 is 11.3 Å². The van der Waals surface area contributed by atoms with Crippen molar-refractivity contribution in [2.75, 3.05) is 5.32 Å². The molecule has 1 aliphatic carbocycles. The van der Waals surface area contributed by atoms with Crippen molar-refractivity contribution in [1.29, 1.82) is 0 Å². The molecule has 23 heavy (non-hydrogen) atoms. The number of benzene rings is 1. The first-order valence-electron chi connectivity index (χ1n) is 7.72. The fourth-order valence-electron chi connectivity index (χ4n) is 2.91. The lowest BCUT2D eigenvalue weighted by atomic mass is 10.0. The maximum absolute atomic E-state index is 12.4. The van der Waals surface area contributed by atoms with Crippen LogP contribution in [0.3, 0.4) is 0 Å². The minimum absolute atomic E-state index is 0.215. The van der Waals surface area contributed by atoms with Gasteiger partial charge in [0.2, 0.25) is 0 Å². The largest absolute Gasteiger partial charge is 0.313 e. The molecular weight excluding hydrogens is 310 g/mol. The van der Waals surface area contributed by atoms with E-state index in [1.165, 1.54) is 16.2 Å². The molecule has 1 heterocycles. The van der Waals surface area contributed by atoms with Crippen LogP contribution < -0.4 is 16.6 Å². The number of anilines is 1. The summed E-state index contributed by atoms with van der Waals surface area (Å²) in [6.07, 6.45) is 5.14. The van der Waals surface area contributed by atoms with Gasteiger partial charge in [-0.2, -0.15) is 0 Å². The van der Waals surface area contributed by atoms with Gasteiger partial charge in [-0.05, 0) is 43.4 Å². The first kappa shape index (κ1) is 15.7. The topological polar surface area (TPSA) is 84.2 Å². The third-order valence-electron chi connectivity index (χ3n) is 4.04. The van der Waals surface area contributed by atoms with E-state index in [-0.39, 0.29) is 11.8 Å². The highest BCUT2D eigenvalue weighted by Gasteiger charge is 2.25. The lowest BCUT2D eigenvalue weighted by Gasteiger charge is -2.08. The monoisotopic (exact) mass is 329 g/mol. The number of amides is 2. The number of thiophene rings is 1. The quantitative estimate of drug-likeness (QED) is 0.350. The van der Waals surface area contributed by atoms with E-state index in [1.54, 1.807) is 12.1 Å². The Morgan fingerprint density at radius 3 is 2.48 bits per heavy atom. The number of hydrogen-bond acceptors (Lipinski definition) is 4. The summed E-state index contributed by atoms with van der Waals surface area (Å²) >= 11 is 1.49. The van der Waals surface area contributed by atoms with Gasteiger partial charge in [-0.25, -0.2) is 5.84 Å². The van der Waals surface area contributed by atoms with Crippen molar-refractivity contribution in [1.82, 2.24) is 5.43 Å². The van der Waals surface area contributed by atoms with Crippen LogP contribution in [-0.4, -0.2) is 11.8 Å². The molecule has 0 saturated carbocycles. The first-order chi connectivity index (χ1) is 11.2. The summed E-state index contributed by atoms with van der Waals surface area (Å²) in [4.78, 5) is 25.8. The van der Waals surface area contributed by atoms with Gasteiger partial charge in [0.15, 0.2) is 0 Å². The maximum Gasteiger partial charge on any atom is 0.268 e. The standard InChI is InChI=1S/C17H19N3O2S/c18-20-16(22)14-12-9-5-2-6-10-13(12)23-17(14)19-15(21)11-7-3-1-4-8-11/h1,3-4,7-8H,2,5-6,9-10,18H2,(H,19,21)(H,20,22). The second-order valence-corrected chi connectivity index (χ2v) is 6.67. The number of carbonyl (C=O) groups is 2. The Labute approximate surface area is 138 Å². The van der Waals surface area contributed by atoms with Gasteiger partial charge in [-0.3, -0.25) is 15.0 Å². The Morgan fingerprint density at radius 2 is 1.74 bits per heavy atom. The predicted octanol–water partition coefficient (Wildman–Crippen LogP) is 2.87. The van der Waals surface area contributed by atoms with Crippen molar-refractivity contribution < 1.29 is 9.59 Å². The van der Waals surface area contributed by atoms with Gasteiger partial charge >= 0.3 is 0 Å². The molecule has 3 rings (SSSR count). The summed E-state index contributed by atoms with van der Waals surface area (Å²) in [5.74, 6) is 4.78. The molecule has 5 nitrogen and oxygen atoms in total. The van der Waals surface area contributed by atoms with E-state index in [0.29, 0.717) is 16.1 Å². The molecule has 4 N–H and O–H groups in total. The number of hydrazine groups is 1. The van der Waals surface area contributed by atoms with Crippen LogP contribution in [0, 0.1) is 0 Å². The van der Waals surface area contributed by atoms with E-state index in [2.05, 4.69) is 10.7 Å². The molecule has 2 aromatic rings. The van der Waals surface area contributed by atoms with Crippen LogP contribution in [0.15, 0.2) is 30.3 Å². The molecule has 1 aliphatic rings. The fraction of sp³-hybridized carbons (Fsp3) is 0.294. The van der Waals surface area contributed by atoms with Gasteiger partial charge in [-0.15, -0.1) is 11.3 Å². The van der Waals surface area contributed by atoms with Gasteiger partial charge in [0.05, 0.1) is 5.56 Å². The average molecular weight is 329 g/mol. The Bertz CT molecular complexity index is 725. The minimum atomic E-state index is -0.340. The fourth-order valence-corrected chi connectivity index (χ4v) is 4.19. The molecule has 0 fully saturated rings. The maximum atomic E-state index is 12.4. The number of nitrogen functional groups attached to an aromatic ring is 1. The van der Waals surface area contributed by atoms with Crippen LogP contribution in [0.1, 0.15) is 50.4 Å². The van der Waals surface area contributed by atoms with Crippen LogP contribution in [0.4, 0.5) is 5.00 Å². The van der Waals surface area contributed by atoms with Crippen molar-refractivity contribution in [3.63, 3.8) is 0 Å². The summed E-state index contributed by atoms with van der Waals surface area (Å²) in [5.41, 5.74) is 4.34. The predicted molar refractivity (Wildman–Crippen MR) is 91.6 cm³/mol. The second-order valence-electron chi connectivity index (χ2n) is 5.56. The lowest BCUT2D eigenvalue weighted by molar-refractivity contribution is 0.0954. The van der Waals surface area contributed by atoms with Crippen LogP contribution in [0.25, 0.3) is 0 Å². The molecule has 0 aliphatic heterocycles. The number of aryl methyl sites for hydroxylation is 1. The van der Waals surface area contributed by atoms with Crippen LogP contribution in [0.2, 0.25) is 0 Å². The van der Waals surface area contributed by atoms with E-state index in [1.807, 2.05) is 18.2 Å².